The number of anilines is 1. The van der Waals surface area contributed by atoms with Gasteiger partial charge in [0, 0.05) is 25.6 Å². The molecule has 1 saturated heterocycles. The van der Waals surface area contributed by atoms with E-state index in [9.17, 15) is 9.59 Å². The number of likely N-dealkylation sites (tertiary alicyclic amines) is 1. The number of amides is 2. The van der Waals surface area contributed by atoms with Crippen molar-refractivity contribution in [3.63, 3.8) is 0 Å². The monoisotopic (exact) mass is 362 g/mol. The molecule has 5 heteroatoms. The first-order chi connectivity index (χ1) is 13.2. The Morgan fingerprint density at radius 2 is 1.85 bits per heavy atom. The number of fused-ring (bicyclic) bond motifs is 1. The molecule has 0 spiro atoms. The summed E-state index contributed by atoms with van der Waals surface area (Å²) in [6, 6.07) is 15.2. The number of benzene rings is 2. The van der Waals surface area contributed by atoms with Gasteiger partial charge in [0.25, 0.3) is 5.91 Å². The second kappa shape index (κ2) is 7.66. The zero-order valence-corrected chi connectivity index (χ0v) is 15.1. The molecule has 2 aliphatic rings. The first-order valence-electron chi connectivity index (χ1n) is 9.32. The highest BCUT2D eigenvalue weighted by molar-refractivity contribution is 5.98. The van der Waals surface area contributed by atoms with E-state index in [1.807, 2.05) is 59.5 Å². The Kier molecular flexibility index (Phi) is 4.92. The Hall–Kier alpha value is -3.08. The Labute approximate surface area is 158 Å². The van der Waals surface area contributed by atoms with Crippen LogP contribution in [-0.2, 0) is 16.0 Å². The van der Waals surface area contributed by atoms with E-state index in [-0.39, 0.29) is 11.8 Å². The third-order valence-corrected chi connectivity index (χ3v) is 4.99. The molecule has 5 nitrogen and oxygen atoms in total. The van der Waals surface area contributed by atoms with E-state index < -0.39 is 6.10 Å². The van der Waals surface area contributed by atoms with Gasteiger partial charge in [-0.3, -0.25) is 9.59 Å². The van der Waals surface area contributed by atoms with Crippen molar-refractivity contribution in [3.05, 3.63) is 65.7 Å². The summed E-state index contributed by atoms with van der Waals surface area (Å²) >= 11 is 0. The molecule has 1 unspecified atom stereocenters. The number of nitrogens with one attached hydrogen (secondary N) is 1. The number of carbonyl (C=O) groups is 2. The third kappa shape index (κ3) is 3.87. The lowest BCUT2D eigenvalue weighted by Gasteiger charge is -2.26. The molecule has 0 radical (unpaired) electrons. The van der Waals surface area contributed by atoms with Gasteiger partial charge in [-0.15, -0.1) is 0 Å². The maximum atomic E-state index is 12.4. The summed E-state index contributed by atoms with van der Waals surface area (Å²) in [5.74, 6) is 0.572. The lowest BCUT2D eigenvalue weighted by Crippen LogP contribution is -2.38. The van der Waals surface area contributed by atoms with Crippen LogP contribution in [0.5, 0.6) is 5.75 Å². The first kappa shape index (κ1) is 17.3. The summed E-state index contributed by atoms with van der Waals surface area (Å²) in [5.41, 5.74) is 2.60. The predicted octanol–water partition coefficient (Wildman–Crippen LogP) is 3.26. The second-order valence-corrected chi connectivity index (χ2v) is 6.86. The summed E-state index contributed by atoms with van der Waals surface area (Å²) in [6.07, 6.45) is 5.46. The van der Waals surface area contributed by atoms with Crippen molar-refractivity contribution in [2.75, 3.05) is 18.4 Å². The van der Waals surface area contributed by atoms with Gasteiger partial charge in [0.15, 0.2) is 6.10 Å². The van der Waals surface area contributed by atoms with Crippen LogP contribution in [0.3, 0.4) is 0 Å². The van der Waals surface area contributed by atoms with Gasteiger partial charge in [-0.05, 0) is 42.2 Å². The number of hydrogen-bond acceptors (Lipinski definition) is 3. The van der Waals surface area contributed by atoms with Crippen molar-refractivity contribution < 1.29 is 14.3 Å². The minimum Gasteiger partial charge on any atom is -0.478 e. The third-order valence-electron chi connectivity index (χ3n) is 4.99. The van der Waals surface area contributed by atoms with Crippen LogP contribution >= 0.6 is 0 Å². The molecule has 0 aliphatic carbocycles. The minimum absolute atomic E-state index is 0.0443. The van der Waals surface area contributed by atoms with Gasteiger partial charge in [-0.25, -0.2) is 0 Å². The lowest BCUT2D eigenvalue weighted by atomic mass is 10.00. The Morgan fingerprint density at radius 3 is 2.70 bits per heavy atom. The number of rotatable bonds is 4. The molecule has 0 bridgehead atoms. The van der Waals surface area contributed by atoms with E-state index in [4.69, 9.17) is 4.74 Å². The van der Waals surface area contributed by atoms with Crippen LogP contribution in [0.4, 0.5) is 5.69 Å². The number of ether oxygens (including phenoxy) is 1. The molecular formula is C22H22N2O3. The van der Waals surface area contributed by atoms with Gasteiger partial charge in [-0.1, -0.05) is 36.4 Å². The highest BCUT2D eigenvalue weighted by atomic mass is 16.5. The van der Waals surface area contributed by atoms with Gasteiger partial charge in [0.05, 0.1) is 5.69 Å². The summed E-state index contributed by atoms with van der Waals surface area (Å²) in [6.45, 7) is 1.67. The molecule has 2 aliphatic heterocycles. The number of nitrogens with zero attached hydrogens (tertiary/aromatic N) is 1. The van der Waals surface area contributed by atoms with Crippen molar-refractivity contribution in [2.45, 2.75) is 25.4 Å². The van der Waals surface area contributed by atoms with E-state index in [0.717, 1.165) is 37.1 Å². The van der Waals surface area contributed by atoms with E-state index in [1.54, 1.807) is 6.08 Å². The van der Waals surface area contributed by atoms with Gasteiger partial charge < -0.3 is 15.0 Å². The molecule has 0 saturated carbocycles. The van der Waals surface area contributed by atoms with Crippen molar-refractivity contribution in [1.82, 2.24) is 4.90 Å². The van der Waals surface area contributed by atoms with E-state index in [0.29, 0.717) is 17.9 Å². The Balaban J connectivity index is 1.50. The average Bonchev–Trinajstić information content (AvgIpc) is 3.22. The van der Waals surface area contributed by atoms with Crippen LogP contribution in [-0.4, -0.2) is 35.9 Å². The molecule has 138 valence electrons. The number of carbonyl (C=O) groups excluding carboxylic acids is 2. The smallest absolute Gasteiger partial charge is 0.265 e. The SMILES string of the molecule is O=C1Nc2ccccc2OC1Cc1ccccc1/C=C/C(=O)N1CCCC1. The van der Waals surface area contributed by atoms with Crippen molar-refractivity contribution in [3.8, 4) is 5.75 Å². The lowest BCUT2D eigenvalue weighted by molar-refractivity contribution is -0.125. The molecule has 0 aromatic heterocycles. The number of hydrogen-bond donors (Lipinski definition) is 1. The zero-order chi connectivity index (χ0) is 18.6. The van der Waals surface area contributed by atoms with Gasteiger partial charge >= 0.3 is 0 Å². The fourth-order valence-corrected chi connectivity index (χ4v) is 3.51. The van der Waals surface area contributed by atoms with Crippen LogP contribution in [0.2, 0.25) is 0 Å². The van der Waals surface area contributed by atoms with E-state index in [2.05, 4.69) is 5.32 Å². The van der Waals surface area contributed by atoms with Crippen molar-refractivity contribution >= 4 is 23.6 Å². The normalized spacial score (nSPS) is 18.9. The highest BCUT2D eigenvalue weighted by Gasteiger charge is 2.28. The van der Waals surface area contributed by atoms with E-state index >= 15 is 0 Å². The van der Waals surface area contributed by atoms with Crippen molar-refractivity contribution in [1.29, 1.82) is 0 Å². The van der Waals surface area contributed by atoms with Gasteiger partial charge in [-0.2, -0.15) is 0 Å². The molecule has 2 heterocycles. The highest BCUT2D eigenvalue weighted by Crippen LogP contribution is 2.30. The summed E-state index contributed by atoms with van der Waals surface area (Å²) in [4.78, 5) is 26.5. The molecule has 1 fully saturated rings. The van der Waals surface area contributed by atoms with Crippen LogP contribution in [0.25, 0.3) is 6.08 Å². The molecule has 1 N–H and O–H groups in total. The Morgan fingerprint density at radius 1 is 1.11 bits per heavy atom. The van der Waals surface area contributed by atoms with Crippen LogP contribution < -0.4 is 10.1 Å². The molecule has 27 heavy (non-hydrogen) atoms. The zero-order valence-electron chi connectivity index (χ0n) is 15.1. The minimum atomic E-state index is -0.594. The fraction of sp³-hybridized carbons (Fsp3) is 0.273. The summed E-state index contributed by atoms with van der Waals surface area (Å²) in [7, 11) is 0. The topological polar surface area (TPSA) is 58.6 Å². The molecular weight excluding hydrogens is 340 g/mol. The molecule has 2 aromatic carbocycles. The van der Waals surface area contributed by atoms with Gasteiger partial charge in [0.2, 0.25) is 5.91 Å². The fourth-order valence-electron chi connectivity index (χ4n) is 3.51. The number of para-hydroxylation sites is 2. The summed E-state index contributed by atoms with van der Waals surface area (Å²) < 4.78 is 5.90. The molecule has 4 rings (SSSR count). The van der Waals surface area contributed by atoms with Crippen LogP contribution in [0, 0.1) is 0 Å². The maximum absolute atomic E-state index is 12.4. The van der Waals surface area contributed by atoms with Crippen molar-refractivity contribution in [2.24, 2.45) is 0 Å². The average molecular weight is 362 g/mol. The summed E-state index contributed by atoms with van der Waals surface area (Å²) in [5, 5.41) is 2.89. The largest absolute Gasteiger partial charge is 0.478 e. The Bertz CT molecular complexity index is 885. The predicted molar refractivity (Wildman–Crippen MR) is 104 cm³/mol. The van der Waals surface area contributed by atoms with Crippen LogP contribution in [0.15, 0.2) is 54.6 Å². The molecule has 2 aromatic rings. The van der Waals surface area contributed by atoms with E-state index in [1.165, 1.54) is 0 Å². The molecule has 1 atom stereocenters. The standard InChI is InChI=1S/C22H22N2O3/c25-21(24-13-5-6-14-24)12-11-16-7-1-2-8-17(16)15-20-22(26)23-18-9-3-4-10-19(18)27-20/h1-4,7-12,20H,5-6,13-15H2,(H,23,26)/b12-11+. The quantitative estimate of drug-likeness (QED) is 0.850. The van der Waals surface area contributed by atoms with Gasteiger partial charge in [0.1, 0.15) is 5.75 Å². The molecule has 2 amide bonds. The first-order valence-corrected chi connectivity index (χ1v) is 9.32. The second-order valence-electron chi connectivity index (χ2n) is 6.86. The maximum Gasteiger partial charge on any atom is 0.265 e. The van der Waals surface area contributed by atoms with Crippen LogP contribution in [0.1, 0.15) is 24.0 Å².